The lowest BCUT2D eigenvalue weighted by molar-refractivity contribution is 0.0248. The van der Waals surface area contributed by atoms with E-state index in [0.717, 1.165) is 23.6 Å². The molecule has 2 aliphatic heterocycles. The Morgan fingerprint density at radius 1 is 1.29 bits per heavy atom. The highest BCUT2D eigenvalue weighted by Crippen LogP contribution is 2.37. The second-order valence-corrected chi connectivity index (χ2v) is 10.4. The van der Waals surface area contributed by atoms with Crippen LogP contribution >= 0.6 is 11.6 Å². The number of pyridine rings is 1. The molecule has 8 nitrogen and oxygen atoms in total. The van der Waals surface area contributed by atoms with E-state index in [-0.39, 0.29) is 6.54 Å². The first kappa shape index (κ1) is 24.4. The molecule has 4 rings (SSSR count). The zero-order valence-electron chi connectivity index (χ0n) is 20.3. The Balaban J connectivity index is 1.63. The van der Waals surface area contributed by atoms with Crippen molar-refractivity contribution in [1.82, 2.24) is 14.8 Å². The molecule has 3 heterocycles. The summed E-state index contributed by atoms with van der Waals surface area (Å²) in [4.78, 5) is 33.9. The summed E-state index contributed by atoms with van der Waals surface area (Å²) in [5.74, 6) is 0.510. The molecule has 1 N–H and O–H groups in total. The smallest absolute Gasteiger partial charge is 0.417 e. The predicted molar refractivity (Wildman–Crippen MR) is 131 cm³/mol. The molecule has 9 heteroatoms. The SMILES string of the molecule is CN(C)Cc1nc(Nc2ccc(Cl)c3c2C(=O)N(C(=O)OC(C)(C)C)C3)ccc1C1CCOC1. The Morgan fingerprint density at radius 3 is 2.71 bits per heavy atom. The number of hydrogen-bond acceptors (Lipinski definition) is 7. The van der Waals surface area contributed by atoms with E-state index in [0.29, 0.717) is 46.7 Å². The summed E-state index contributed by atoms with van der Waals surface area (Å²) in [6, 6.07) is 7.46. The first-order chi connectivity index (χ1) is 16.0. The summed E-state index contributed by atoms with van der Waals surface area (Å²) in [5.41, 5.74) is 2.95. The molecule has 1 unspecified atom stereocenters. The topological polar surface area (TPSA) is 84.0 Å². The highest BCUT2D eigenvalue weighted by Gasteiger charge is 2.38. The quantitative estimate of drug-likeness (QED) is 0.641. The van der Waals surface area contributed by atoms with Crippen LogP contribution in [0.5, 0.6) is 0 Å². The molecule has 1 fully saturated rings. The summed E-state index contributed by atoms with van der Waals surface area (Å²) < 4.78 is 11.0. The van der Waals surface area contributed by atoms with Gasteiger partial charge in [0, 0.05) is 29.7 Å². The number of carbonyl (C=O) groups excluding carboxylic acids is 2. The number of carbonyl (C=O) groups is 2. The van der Waals surface area contributed by atoms with Crippen LogP contribution in [-0.4, -0.2) is 59.7 Å². The van der Waals surface area contributed by atoms with Gasteiger partial charge in [0.2, 0.25) is 0 Å². The number of ether oxygens (including phenoxy) is 2. The number of benzene rings is 1. The van der Waals surface area contributed by atoms with Gasteiger partial charge in [0.25, 0.3) is 5.91 Å². The summed E-state index contributed by atoms with van der Waals surface area (Å²) in [5, 5.41) is 3.71. The number of fused-ring (bicyclic) bond motifs is 1. The van der Waals surface area contributed by atoms with E-state index in [4.69, 9.17) is 26.1 Å². The number of hydrogen-bond donors (Lipinski definition) is 1. The van der Waals surface area contributed by atoms with Crippen molar-refractivity contribution < 1.29 is 19.1 Å². The average molecular weight is 487 g/mol. The first-order valence-corrected chi connectivity index (χ1v) is 11.8. The van der Waals surface area contributed by atoms with Crippen LogP contribution < -0.4 is 5.32 Å². The van der Waals surface area contributed by atoms with E-state index in [9.17, 15) is 9.59 Å². The van der Waals surface area contributed by atoms with Crippen LogP contribution in [0, 0.1) is 0 Å². The van der Waals surface area contributed by atoms with E-state index in [2.05, 4.69) is 16.3 Å². The van der Waals surface area contributed by atoms with Gasteiger partial charge in [-0.15, -0.1) is 0 Å². The molecule has 2 aliphatic rings. The standard InChI is InChI=1S/C25H31ClN4O4/c1-25(2,3)34-24(32)30-12-17-18(26)7-8-19(22(17)23(30)31)27-21-9-6-16(15-10-11-33-14-15)20(28-21)13-29(4)5/h6-9,15H,10-14H2,1-5H3,(H,27,28). The van der Waals surface area contributed by atoms with E-state index >= 15 is 0 Å². The van der Waals surface area contributed by atoms with Gasteiger partial charge < -0.3 is 19.7 Å². The number of rotatable bonds is 5. The highest BCUT2D eigenvalue weighted by atomic mass is 35.5. The van der Waals surface area contributed by atoms with Crippen molar-refractivity contribution in [3.8, 4) is 0 Å². The van der Waals surface area contributed by atoms with E-state index in [1.807, 2.05) is 20.2 Å². The van der Waals surface area contributed by atoms with Crippen molar-refractivity contribution in [3.05, 3.63) is 51.7 Å². The van der Waals surface area contributed by atoms with Gasteiger partial charge in [-0.2, -0.15) is 0 Å². The van der Waals surface area contributed by atoms with Gasteiger partial charge >= 0.3 is 6.09 Å². The summed E-state index contributed by atoms with van der Waals surface area (Å²) >= 11 is 6.40. The molecule has 1 aromatic heterocycles. The van der Waals surface area contributed by atoms with E-state index in [1.54, 1.807) is 32.9 Å². The Labute approximate surface area is 205 Å². The predicted octanol–water partition coefficient (Wildman–Crippen LogP) is 4.94. The Bertz CT molecular complexity index is 1110. The van der Waals surface area contributed by atoms with Gasteiger partial charge in [0.15, 0.2) is 0 Å². The maximum absolute atomic E-state index is 13.2. The molecule has 2 aromatic rings. The van der Waals surface area contributed by atoms with Gasteiger partial charge in [-0.1, -0.05) is 17.7 Å². The fraction of sp³-hybridized carbons (Fsp3) is 0.480. The normalized spacial score (nSPS) is 17.9. The van der Waals surface area contributed by atoms with Crippen molar-refractivity contribution in [2.75, 3.05) is 32.6 Å². The lowest BCUT2D eigenvalue weighted by Crippen LogP contribution is -2.37. The summed E-state index contributed by atoms with van der Waals surface area (Å²) in [6.07, 6.45) is 0.291. The third-order valence-electron chi connectivity index (χ3n) is 5.75. The van der Waals surface area contributed by atoms with Gasteiger partial charge in [-0.25, -0.2) is 14.7 Å². The maximum atomic E-state index is 13.2. The molecule has 1 aromatic carbocycles. The van der Waals surface area contributed by atoms with Crippen molar-refractivity contribution in [2.24, 2.45) is 0 Å². The fourth-order valence-corrected chi connectivity index (χ4v) is 4.47. The lowest BCUT2D eigenvalue weighted by Gasteiger charge is -2.23. The van der Waals surface area contributed by atoms with Crippen LogP contribution in [0.4, 0.5) is 16.3 Å². The van der Waals surface area contributed by atoms with Gasteiger partial charge in [-0.05, 0) is 65.0 Å². The van der Waals surface area contributed by atoms with Crippen molar-refractivity contribution in [1.29, 1.82) is 0 Å². The molecule has 0 aliphatic carbocycles. The lowest BCUT2D eigenvalue weighted by atomic mass is 9.96. The molecule has 0 bridgehead atoms. The molecule has 1 atom stereocenters. The third kappa shape index (κ3) is 5.19. The molecule has 0 saturated carbocycles. The van der Waals surface area contributed by atoms with Crippen LogP contribution in [0.2, 0.25) is 5.02 Å². The molecule has 1 saturated heterocycles. The molecule has 34 heavy (non-hydrogen) atoms. The Morgan fingerprint density at radius 2 is 2.06 bits per heavy atom. The number of anilines is 2. The molecule has 182 valence electrons. The van der Waals surface area contributed by atoms with Crippen LogP contribution in [0.3, 0.4) is 0 Å². The zero-order valence-corrected chi connectivity index (χ0v) is 21.0. The number of aromatic nitrogens is 1. The monoisotopic (exact) mass is 486 g/mol. The Kier molecular flexibility index (Phi) is 6.85. The van der Waals surface area contributed by atoms with Crippen LogP contribution in [-0.2, 0) is 22.6 Å². The van der Waals surface area contributed by atoms with Gasteiger partial charge in [0.05, 0.1) is 30.1 Å². The highest BCUT2D eigenvalue weighted by molar-refractivity contribution is 6.32. The largest absolute Gasteiger partial charge is 0.443 e. The van der Waals surface area contributed by atoms with Crippen molar-refractivity contribution >= 4 is 35.1 Å². The van der Waals surface area contributed by atoms with E-state index in [1.165, 1.54) is 5.56 Å². The number of halogens is 1. The number of amides is 2. The van der Waals surface area contributed by atoms with Crippen LogP contribution in [0.15, 0.2) is 24.3 Å². The second kappa shape index (κ2) is 9.52. The van der Waals surface area contributed by atoms with Crippen molar-refractivity contribution in [2.45, 2.75) is 51.8 Å². The minimum absolute atomic E-state index is 0.0668. The molecule has 2 amide bonds. The number of nitrogens with one attached hydrogen (secondary N) is 1. The summed E-state index contributed by atoms with van der Waals surface area (Å²) in [7, 11) is 4.01. The second-order valence-electron chi connectivity index (χ2n) is 9.98. The van der Waals surface area contributed by atoms with Crippen molar-refractivity contribution in [3.63, 3.8) is 0 Å². The summed E-state index contributed by atoms with van der Waals surface area (Å²) in [6.45, 7) is 7.50. The third-order valence-corrected chi connectivity index (χ3v) is 6.11. The van der Waals surface area contributed by atoms with Gasteiger partial charge in [0.1, 0.15) is 11.4 Å². The molecule has 0 radical (unpaired) electrons. The molecular weight excluding hydrogens is 456 g/mol. The number of imide groups is 1. The van der Waals surface area contributed by atoms with E-state index < -0.39 is 17.6 Å². The minimum atomic E-state index is -0.712. The van der Waals surface area contributed by atoms with Crippen LogP contribution in [0.25, 0.3) is 0 Å². The first-order valence-electron chi connectivity index (χ1n) is 11.4. The fourth-order valence-electron chi connectivity index (χ4n) is 4.25. The molecule has 0 spiro atoms. The maximum Gasteiger partial charge on any atom is 0.417 e. The number of nitrogens with zero attached hydrogens (tertiary/aromatic N) is 3. The van der Waals surface area contributed by atoms with Crippen LogP contribution in [0.1, 0.15) is 60.3 Å². The zero-order chi connectivity index (χ0) is 24.6. The van der Waals surface area contributed by atoms with Gasteiger partial charge in [-0.3, -0.25) is 4.79 Å². The Hall–Kier alpha value is -2.68. The average Bonchev–Trinajstić information content (AvgIpc) is 3.38. The molecular formula is C25H31ClN4O4. The minimum Gasteiger partial charge on any atom is -0.443 e.